The zero-order valence-corrected chi connectivity index (χ0v) is 15.2. The smallest absolute Gasteiger partial charge is 0.278 e. The number of para-hydroxylation sites is 1. The van der Waals surface area contributed by atoms with Gasteiger partial charge in [0.05, 0.1) is 6.33 Å². The first-order chi connectivity index (χ1) is 13.1. The molecule has 0 unspecified atom stereocenters. The number of carbonyl (C=O) groups is 1. The minimum Gasteiger partial charge on any atom is -0.354 e. The van der Waals surface area contributed by atoms with Crippen molar-refractivity contribution >= 4 is 39.4 Å². The van der Waals surface area contributed by atoms with Crippen LogP contribution in [-0.4, -0.2) is 27.0 Å². The first-order valence-corrected chi connectivity index (χ1v) is 8.96. The molecule has 2 N–H and O–H groups in total. The predicted octanol–water partition coefficient (Wildman–Crippen LogP) is 2.89. The highest BCUT2D eigenvalue weighted by Crippen LogP contribution is 2.20. The van der Waals surface area contributed by atoms with Gasteiger partial charge in [-0.1, -0.05) is 41.9 Å². The standard InChI is InChI=1S/C20H17ClN4O2/c21-14-7-5-13(6-8-14)9-10-22-17(26)11-25-12-23-18-15-3-1-2-4-16(15)24-19(18)20(25)27/h1-8,12,24H,9-11H2,(H,22,26). The summed E-state index contributed by atoms with van der Waals surface area (Å²) in [7, 11) is 0. The Hall–Kier alpha value is -3.12. The number of hydrogen-bond donors (Lipinski definition) is 2. The Balaban J connectivity index is 1.45. The van der Waals surface area contributed by atoms with E-state index in [-0.39, 0.29) is 18.0 Å². The van der Waals surface area contributed by atoms with Gasteiger partial charge in [-0.3, -0.25) is 14.2 Å². The van der Waals surface area contributed by atoms with Gasteiger partial charge in [-0.15, -0.1) is 0 Å². The number of benzene rings is 2. The van der Waals surface area contributed by atoms with Crippen molar-refractivity contribution in [1.29, 1.82) is 0 Å². The molecule has 0 saturated carbocycles. The Kier molecular flexibility index (Phi) is 4.64. The van der Waals surface area contributed by atoms with Crippen molar-refractivity contribution < 1.29 is 4.79 Å². The van der Waals surface area contributed by atoms with Crippen LogP contribution in [-0.2, 0) is 17.8 Å². The second-order valence-electron chi connectivity index (χ2n) is 6.30. The zero-order valence-electron chi connectivity index (χ0n) is 14.4. The van der Waals surface area contributed by atoms with Crippen molar-refractivity contribution in [3.63, 3.8) is 0 Å². The van der Waals surface area contributed by atoms with E-state index in [0.29, 0.717) is 29.0 Å². The molecule has 0 radical (unpaired) electrons. The lowest BCUT2D eigenvalue weighted by Gasteiger charge is -2.07. The fourth-order valence-corrected chi connectivity index (χ4v) is 3.19. The minimum atomic E-state index is -0.260. The molecule has 4 rings (SSSR count). The molecule has 0 aliphatic rings. The lowest BCUT2D eigenvalue weighted by molar-refractivity contribution is -0.121. The van der Waals surface area contributed by atoms with E-state index in [2.05, 4.69) is 15.3 Å². The quantitative estimate of drug-likeness (QED) is 0.558. The fraction of sp³-hybridized carbons (Fsp3) is 0.150. The van der Waals surface area contributed by atoms with Gasteiger partial charge in [0, 0.05) is 22.5 Å². The van der Waals surface area contributed by atoms with Crippen LogP contribution < -0.4 is 10.9 Å². The van der Waals surface area contributed by atoms with Crippen LogP contribution in [0.25, 0.3) is 21.9 Å². The van der Waals surface area contributed by atoms with Gasteiger partial charge in [-0.05, 0) is 30.2 Å². The monoisotopic (exact) mass is 380 g/mol. The Labute approximate surface area is 159 Å². The Morgan fingerprint density at radius 3 is 2.74 bits per heavy atom. The van der Waals surface area contributed by atoms with E-state index in [1.165, 1.54) is 10.9 Å². The van der Waals surface area contributed by atoms with E-state index in [1.807, 2.05) is 48.5 Å². The number of halogens is 1. The van der Waals surface area contributed by atoms with Crippen molar-refractivity contribution in [2.24, 2.45) is 0 Å². The van der Waals surface area contributed by atoms with Crippen LogP contribution >= 0.6 is 11.6 Å². The summed E-state index contributed by atoms with van der Waals surface area (Å²) in [5, 5.41) is 4.40. The summed E-state index contributed by atoms with van der Waals surface area (Å²) in [6, 6.07) is 15.1. The number of carbonyl (C=O) groups excluding carboxylic acids is 1. The molecule has 0 fully saturated rings. The summed E-state index contributed by atoms with van der Waals surface area (Å²) in [4.78, 5) is 32.3. The number of rotatable bonds is 5. The Morgan fingerprint density at radius 2 is 1.93 bits per heavy atom. The average Bonchev–Trinajstić information content (AvgIpc) is 3.05. The van der Waals surface area contributed by atoms with E-state index in [0.717, 1.165) is 16.5 Å². The van der Waals surface area contributed by atoms with Crippen LogP contribution in [0.3, 0.4) is 0 Å². The molecular formula is C20H17ClN4O2. The highest BCUT2D eigenvalue weighted by molar-refractivity contribution is 6.30. The van der Waals surface area contributed by atoms with Gasteiger partial charge in [0.2, 0.25) is 5.91 Å². The van der Waals surface area contributed by atoms with Gasteiger partial charge < -0.3 is 10.3 Å². The molecule has 0 saturated heterocycles. The van der Waals surface area contributed by atoms with Crippen LogP contribution in [0.2, 0.25) is 5.02 Å². The van der Waals surface area contributed by atoms with Crippen molar-refractivity contribution in [3.8, 4) is 0 Å². The van der Waals surface area contributed by atoms with Gasteiger partial charge >= 0.3 is 0 Å². The van der Waals surface area contributed by atoms with E-state index in [4.69, 9.17) is 11.6 Å². The number of nitrogens with zero attached hydrogens (tertiary/aromatic N) is 2. The largest absolute Gasteiger partial charge is 0.354 e. The molecule has 2 aromatic carbocycles. The summed E-state index contributed by atoms with van der Waals surface area (Å²) < 4.78 is 1.31. The molecule has 0 atom stereocenters. The van der Waals surface area contributed by atoms with Gasteiger partial charge in [-0.25, -0.2) is 4.98 Å². The normalized spacial score (nSPS) is 11.1. The number of amides is 1. The lowest BCUT2D eigenvalue weighted by Crippen LogP contribution is -2.33. The third kappa shape index (κ3) is 3.57. The summed E-state index contributed by atoms with van der Waals surface area (Å²) in [5.41, 5.74) is 2.70. The van der Waals surface area contributed by atoms with Crippen LogP contribution in [0.5, 0.6) is 0 Å². The highest BCUT2D eigenvalue weighted by atomic mass is 35.5. The first kappa shape index (κ1) is 17.3. The maximum Gasteiger partial charge on any atom is 0.278 e. The maximum atomic E-state index is 12.7. The molecular weight excluding hydrogens is 364 g/mol. The summed E-state index contributed by atoms with van der Waals surface area (Å²) >= 11 is 5.86. The van der Waals surface area contributed by atoms with E-state index >= 15 is 0 Å². The van der Waals surface area contributed by atoms with Crippen molar-refractivity contribution in [1.82, 2.24) is 19.9 Å². The molecule has 0 aliphatic carbocycles. The van der Waals surface area contributed by atoms with E-state index in [1.54, 1.807) is 0 Å². The second kappa shape index (κ2) is 7.25. The molecule has 2 aromatic heterocycles. The number of hydrogen-bond acceptors (Lipinski definition) is 3. The summed E-state index contributed by atoms with van der Waals surface area (Å²) in [5.74, 6) is -0.233. The Bertz CT molecular complexity index is 1180. The number of aromatic nitrogens is 3. The predicted molar refractivity (Wildman–Crippen MR) is 106 cm³/mol. The topological polar surface area (TPSA) is 79.8 Å². The van der Waals surface area contributed by atoms with Gasteiger partial charge in [0.1, 0.15) is 17.6 Å². The third-order valence-corrected chi connectivity index (χ3v) is 4.69. The van der Waals surface area contributed by atoms with Crippen LogP contribution in [0, 0.1) is 0 Å². The number of fused-ring (bicyclic) bond motifs is 3. The highest BCUT2D eigenvalue weighted by Gasteiger charge is 2.12. The second-order valence-corrected chi connectivity index (χ2v) is 6.73. The van der Waals surface area contributed by atoms with Gasteiger partial charge in [0.25, 0.3) is 5.56 Å². The van der Waals surface area contributed by atoms with Crippen LogP contribution in [0.1, 0.15) is 5.56 Å². The molecule has 0 aliphatic heterocycles. The molecule has 1 amide bonds. The van der Waals surface area contributed by atoms with Crippen LogP contribution in [0.15, 0.2) is 59.7 Å². The van der Waals surface area contributed by atoms with Crippen molar-refractivity contribution in [2.75, 3.05) is 6.54 Å². The lowest BCUT2D eigenvalue weighted by atomic mass is 10.1. The molecule has 4 aromatic rings. The maximum absolute atomic E-state index is 12.7. The van der Waals surface area contributed by atoms with Crippen LogP contribution in [0.4, 0.5) is 0 Å². The molecule has 0 bridgehead atoms. The Morgan fingerprint density at radius 1 is 1.15 bits per heavy atom. The molecule has 7 heteroatoms. The minimum absolute atomic E-state index is 0.0717. The van der Waals surface area contributed by atoms with E-state index < -0.39 is 0 Å². The molecule has 2 heterocycles. The number of H-pyrrole nitrogens is 1. The molecule has 136 valence electrons. The van der Waals surface area contributed by atoms with Gasteiger partial charge in [0.15, 0.2) is 0 Å². The third-order valence-electron chi connectivity index (χ3n) is 4.44. The number of nitrogens with one attached hydrogen (secondary N) is 2. The molecule has 27 heavy (non-hydrogen) atoms. The molecule has 0 spiro atoms. The first-order valence-electron chi connectivity index (χ1n) is 8.59. The fourth-order valence-electron chi connectivity index (χ4n) is 3.06. The van der Waals surface area contributed by atoms with Gasteiger partial charge in [-0.2, -0.15) is 0 Å². The average molecular weight is 381 g/mol. The molecule has 6 nitrogen and oxygen atoms in total. The number of aromatic amines is 1. The van der Waals surface area contributed by atoms with Crippen molar-refractivity contribution in [2.45, 2.75) is 13.0 Å². The summed E-state index contributed by atoms with van der Waals surface area (Å²) in [6.45, 7) is 0.412. The van der Waals surface area contributed by atoms with E-state index in [9.17, 15) is 9.59 Å². The SMILES string of the molecule is O=C(Cn1cnc2c([nH]c3ccccc32)c1=O)NCCc1ccc(Cl)cc1. The zero-order chi connectivity index (χ0) is 18.8. The van der Waals surface area contributed by atoms with Crippen molar-refractivity contribution in [3.05, 3.63) is 75.8 Å². The summed E-state index contributed by atoms with van der Waals surface area (Å²) in [6.07, 6.45) is 2.11.